The molecule has 0 aliphatic carbocycles. The van der Waals surface area contributed by atoms with Crippen LogP contribution < -0.4 is 10.6 Å². The molecule has 1 aromatic carbocycles. The number of benzene rings is 1. The molecule has 166 valence electrons. The summed E-state index contributed by atoms with van der Waals surface area (Å²) in [5.74, 6) is -0.531. The molecule has 0 saturated heterocycles. The predicted octanol–water partition coefficient (Wildman–Crippen LogP) is 3.30. The van der Waals surface area contributed by atoms with E-state index in [1.807, 2.05) is 6.92 Å². The number of allylic oxidation sites excluding steroid dienone is 1. The number of amides is 1. The molecule has 1 atom stereocenters. The number of hydrogen-bond acceptors (Lipinski definition) is 6. The molecule has 1 amide bonds. The van der Waals surface area contributed by atoms with Crippen molar-refractivity contribution < 1.29 is 14.3 Å². The van der Waals surface area contributed by atoms with E-state index >= 15 is 0 Å². The van der Waals surface area contributed by atoms with Gasteiger partial charge in [-0.05, 0) is 43.7 Å². The first-order valence-electron chi connectivity index (χ1n) is 9.91. The van der Waals surface area contributed by atoms with E-state index in [4.69, 9.17) is 11.6 Å². The van der Waals surface area contributed by atoms with Gasteiger partial charge in [-0.2, -0.15) is 0 Å². The maximum absolute atomic E-state index is 14.4. The topological polar surface area (TPSA) is 100 Å². The van der Waals surface area contributed by atoms with Gasteiger partial charge in [-0.25, -0.2) is 14.4 Å². The fourth-order valence-corrected chi connectivity index (χ4v) is 3.91. The lowest BCUT2D eigenvalue weighted by atomic mass is 10.0. The zero-order chi connectivity index (χ0) is 23.3. The molecular formula is C22H23ClFN5O2Si. The predicted molar refractivity (Wildman–Crippen MR) is 127 cm³/mol. The Hall–Kier alpha value is -3.14. The van der Waals surface area contributed by atoms with Crippen LogP contribution in [0, 0.1) is 5.82 Å². The molecule has 7 nitrogen and oxygen atoms in total. The summed E-state index contributed by atoms with van der Waals surface area (Å²) in [5.41, 5.74) is 2.42. The first-order valence-corrected chi connectivity index (χ1v) is 12.1. The average molecular weight is 472 g/mol. The summed E-state index contributed by atoms with van der Waals surface area (Å²) in [6.07, 6.45) is 4.75. The molecule has 0 unspecified atom stereocenters. The number of aliphatic hydroxyl groups is 1. The van der Waals surface area contributed by atoms with Gasteiger partial charge < -0.3 is 15.7 Å². The first-order chi connectivity index (χ1) is 15.3. The average Bonchev–Trinajstić information content (AvgIpc) is 2.75. The molecule has 3 aromatic rings. The third-order valence-corrected chi connectivity index (χ3v) is 6.24. The number of halogens is 2. The molecule has 0 fully saturated rings. The number of anilines is 2. The highest BCUT2D eigenvalue weighted by Gasteiger charge is 2.17. The second kappa shape index (κ2) is 10.4. The van der Waals surface area contributed by atoms with Gasteiger partial charge in [-0.15, -0.1) is 0 Å². The fraction of sp³-hybridized carbons (Fsp3) is 0.182. The molecular weight excluding hydrogens is 449 g/mol. The van der Waals surface area contributed by atoms with Gasteiger partial charge in [-0.1, -0.05) is 18.2 Å². The van der Waals surface area contributed by atoms with E-state index in [1.54, 1.807) is 19.2 Å². The molecule has 0 aliphatic heterocycles. The van der Waals surface area contributed by atoms with E-state index in [2.05, 4.69) is 32.2 Å². The van der Waals surface area contributed by atoms with Crippen molar-refractivity contribution in [3.05, 3.63) is 71.5 Å². The van der Waals surface area contributed by atoms with Gasteiger partial charge in [0, 0.05) is 40.4 Å². The Morgan fingerprint density at radius 3 is 2.78 bits per heavy atom. The lowest BCUT2D eigenvalue weighted by Gasteiger charge is -2.15. The van der Waals surface area contributed by atoms with E-state index in [0.29, 0.717) is 28.1 Å². The quantitative estimate of drug-likeness (QED) is 0.436. The van der Waals surface area contributed by atoms with Gasteiger partial charge in [0.05, 0.1) is 20.9 Å². The van der Waals surface area contributed by atoms with E-state index in [1.165, 1.54) is 30.7 Å². The van der Waals surface area contributed by atoms with Crippen molar-refractivity contribution >= 4 is 44.1 Å². The number of pyridine rings is 1. The van der Waals surface area contributed by atoms with Crippen LogP contribution in [0.4, 0.5) is 15.9 Å². The minimum atomic E-state index is -0.834. The summed E-state index contributed by atoms with van der Waals surface area (Å²) in [6, 6.07) is 5.90. The highest BCUT2D eigenvalue weighted by atomic mass is 35.5. The first kappa shape index (κ1) is 23.5. The molecule has 0 radical (unpaired) electrons. The fourth-order valence-electron chi connectivity index (χ4n) is 2.95. The molecule has 0 saturated carbocycles. The molecule has 2 heterocycles. The van der Waals surface area contributed by atoms with Crippen LogP contribution in [-0.4, -0.2) is 47.4 Å². The van der Waals surface area contributed by atoms with Crippen LogP contribution >= 0.6 is 11.6 Å². The van der Waals surface area contributed by atoms with Gasteiger partial charge in [0.15, 0.2) is 0 Å². The van der Waals surface area contributed by atoms with Crippen LogP contribution in [0.3, 0.4) is 0 Å². The zero-order valence-corrected chi connectivity index (χ0v) is 19.9. The van der Waals surface area contributed by atoms with Gasteiger partial charge in [-0.3, -0.25) is 9.78 Å². The molecule has 32 heavy (non-hydrogen) atoms. The highest BCUT2D eigenvalue weighted by molar-refractivity contribution is 6.37. The van der Waals surface area contributed by atoms with E-state index < -0.39 is 15.3 Å². The Morgan fingerprint density at radius 2 is 2.06 bits per heavy atom. The van der Waals surface area contributed by atoms with Crippen molar-refractivity contribution in [1.82, 2.24) is 20.3 Å². The number of rotatable bonds is 8. The number of aliphatic hydroxyl groups excluding tert-OH is 1. The molecule has 0 spiro atoms. The number of carbonyl (C=O) groups excluding carboxylic acids is 1. The van der Waals surface area contributed by atoms with Crippen LogP contribution in [0.25, 0.3) is 16.8 Å². The van der Waals surface area contributed by atoms with Crippen molar-refractivity contribution in [3.63, 3.8) is 0 Å². The van der Waals surface area contributed by atoms with Crippen molar-refractivity contribution in [1.29, 1.82) is 0 Å². The summed E-state index contributed by atoms with van der Waals surface area (Å²) >= 11 is 6.04. The molecule has 3 N–H and O–H groups in total. The van der Waals surface area contributed by atoms with Crippen molar-refractivity contribution in [2.75, 3.05) is 11.5 Å². The normalized spacial score (nSPS) is 12.0. The Balaban J connectivity index is 1.97. The Labute approximate surface area is 192 Å². The summed E-state index contributed by atoms with van der Waals surface area (Å²) in [4.78, 5) is 25.2. The molecule has 0 aliphatic rings. The third-order valence-electron chi connectivity index (χ3n) is 4.63. The minimum absolute atomic E-state index is 0.243. The Kier molecular flexibility index (Phi) is 7.68. The van der Waals surface area contributed by atoms with Gasteiger partial charge in [0.25, 0.3) is 5.91 Å². The number of nitrogens with one attached hydrogen (secondary N) is 2. The smallest absolute Gasteiger partial charge is 0.256 e. The van der Waals surface area contributed by atoms with Gasteiger partial charge >= 0.3 is 0 Å². The van der Waals surface area contributed by atoms with Crippen LogP contribution in [0.15, 0.2) is 49.6 Å². The van der Waals surface area contributed by atoms with Crippen molar-refractivity contribution in [2.45, 2.75) is 19.6 Å². The number of aromatic nitrogens is 3. The number of nitrogens with zero attached hydrogens (tertiary/aromatic N) is 3. The zero-order valence-electron chi connectivity index (χ0n) is 17.7. The second-order valence-electron chi connectivity index (χ2n) is 7.32. The summed E-state index contributed by atoms with van der Waals surface area (Å²) in [7, 11) is -0.834. The lowest BCUT2D eigenvalue weighted by Crippen LogP contribution is -2.32. The van der Waals surface area contributed by atoms with E-state index in [0.717, 1.165) is 5.57 Å². The van der Waals surface area contributed by atoms with Crippen LogP contribution in [0.5, 0.6) is 0 Å². The van der Waals surface area contributed by atoms with Crippen LogP contribution in [0.1, 0.15) is 29.8 Å². The number of carbonyl (C=O) groups is 1. The van der Waals surface area contributed by atoms with E-state index in [-0.39, 0.29) is 28.6 Å². The van der Waals surface area contributed by atoms with Crippen molar-refractivity contribution in [3.8, 4) is 11.3 Å². The summed E-state index contributed by atoms with van der Waals surface area (Å²) in [6.45, 7) is 7.49. The molecule has 3 rings (SSSR count). The van der Waals surface area contributed by atoms with E-state index in [9.17, 15) is 14.3 Å². The number of hydrogen-bond donors (Lipinski definition) is 3. The van der Waals surface area contributed by atoms with Crippen molar-refractivity contribution in [2.24, 2.45) is 0 Å². The molecule has 2 aromatic heterocycles. The van der Waals surface area contributed by atoms with Crippen LogP contribution in [-0.2, 0) is 0 Å². The molecule has 10 heteroatoms. The van der Waals surface area contributed by atoms with Crippen LogP contribution in [0.2, 0.25) is 5.02 Å². The van der Waals surface area contributed by atoms with Gasteiger partial charge in [0.1, 0.15) is 23.5 Å². The van der Waals surface area contributed by atoms with Gasteiger partial charge in [0.2, 0.25) is 0 Å². The highest BCUT2D eigenvalue weighted by Crippen LogP contribution is 2.32. The minimum Gasteiger partial charge on any atom is -0.397 e. The Morgan fingerprint density at radius 1 is 1.28 bits per heavy atom. The maximum atomic E-state index is 14.4. The largest absolute Gasteiger partial charge is 0.397 e. The summed E-state index contributed by atoms with van der Waals surface area (Å²) < 4.78 is 14.4. The second-order valence-corrected chi connectivity index (χ2v) is 10.0. The maximum Gasteiger partial charge on any atom is 0.256 e. The Bertz CT molecular complexity index is 1160. The summed E-state index contributed by atoms with van der Waals surface area (Å²) in [5, 5.41) is 15.8. The SMILES string of the molecule is C=C(C)c1cnc(-c2cc(Cl)ccc2F)cc1Nc1ncncc1C(=O)NC[SiH2][C@H](C)O. The standard InChI is InChI=1S/C22H23ClFN5O2Si/c1-12(2)16-9-26-19(15-6-14(23)4-5-18(15)24)7-20(16)29-21-17(8-25-10-27-21)22(31)28-11-32-13(3)30/h4-10,13,30H,1,11,32H2,2-3H3,(H,28,31)(H,25,26,27,29)/t13-/m1/s1. The molecule has 0 bridgehead atoms. The third kappa shape index (κ3) is 5.76. The lowest BCUT2D eigenvalue weighted by molar-refractivity contribution is 0.0960. The monoisotopic (exact) mass is 471 g/mol.